The number of carboxylic acids is 1. The van der Waals surface area contributed by atoms with Crippen LogP contribution in [-0.2, 0) is 18.3 Å². The first-order valence-corrected chi connectivity index (χ1v) is 8.92. The standard InChI is InChI=1S/C18H21ClN4O2/c1-2-23-8-18(7-20,9-23)16-14(17(24)25)11-4-3-10-6-21-13(19)5-12(10)15(11)22-16/h5-6,22H,2-4,7-9,20H2,1H3,(H,24,25). The van der Waals surface area contributed by atoms with E-state index in [1.807, 2.05) is 6.07 Å². The molecule has 2 aromatic heterocycles. The van der Waals surface area contributed by atoms with E-state index in [-0.39, 0.29) is 5.41 Å². The first-order chi connectivity index (χ1) is 12.0. The lowest BCUT2D eigenvalue weighted by Crippen LogP contribution is -2.63. The second kappa shape index (κ2) is 5.83. The van der Waals surface area contributed by atoms with Crippen molar-refractivity contribution in [2.45, 2.75) is 25.2 Å². The van der Waals surface area contributed by atoms with Crippen molar-refractivity contribution in [1.82, 2.24) is 14.9 Å². The molecular weight excluding hydrogens is 340 g/mol. The maximum atomic E-state index is 12.1. The summed E-state index contributed by atoms with van der Waals surface area (Å²) < 4.78 is 0. The number of nitrogens with one attached hydrogen (secondary N) is 1. The predicted octanol–water partition coefficient (Wildman–Crippen LogP) is 2.06. The average molecular weight is 361 g/mol. The van der Waals surface area contributed by atoms with Gasteiger partial charge in [-0.1, -0.05) is 18.5 Å². The number of likely N-dealkylation sites (N-methyl/N-ethyl adjacent to an activating group) is 1. The fraction of sp³-hybridized carbons (Fsp3) is 0.444. The maximum absolute atomic E-state index is 12.1. The van der Waals surface area contributed by atoms with Crippen molar-refractivity contribution in [3.63, 3.8) is 0 Å². The molecule has 6 nitrogen and oxygen atoms in total. The molecule has 0 bridgehead atoms. The van der Waals surface area contributed by atoms with Crippen LogP contribution in [0, 0.1) is 0 Å². The van der Waals surface area contributed by atoms with E-state index in [0.717, 1.165) is 54.1 Å². The molecule has 0 atom stereocenters. The summed E-state index contributed by atoms with van der Waals surface area (Å²) >= 11 is 6.08. The lowest BCUT2D eigenvalue weighted by Gasteiger charge is -2.49. The Labute approximate surface area is 151 Å². The number of aryl methyl sites for hydroxylation is 1. The summed E-state index contributed by atoms with van der Waals surface area (Å²) in [7, 11) is 0. The largest absolute Gasteiger partial charge is 0.478 e. The Bertz CT molecular complexity index is 855. The molecule has 25 heavy (non-hydrogen) atoms. The maximum Gasteiger partial charge on any atom is 0.337 e. The van der Waals surface area contributed by atoms with E-state index in [9.17, 15) is 9.90 Å². The van der Waals surface area contributed by atoms with Crippen LogP contribution in [0.1, 0.15) is 34.1 Å². The lowest BCUT2D eigenvalue weighted by atomic mass is 9.74. The summed E-state index contributed by atoms with van der Waals surface area (Å²) in [5, 5.41) is 10.3. The molecule has 0 amide bonds. The number of H-pyrrole nitrogens is 1. The van der Waals surface area contributed by atoms with Gasteiger partial charge in [-0.25, -0.2) is 9.78 Å². The third-order valence-electron chi connectivity index (χ3n) is 5.61. The molecule has 7 heteroatoms. The number of aromatic amines is 1. The number of fused-ring (bicyclic) bond motifs is 3. The molecule has 4 N–H and O–H groups in total. The third-order valence-corrected chi connectivity index (χ3v) is 5.81. The molecule has 2 aliphatic rings. The molecule has 1 aliphatic carbocycles. The summed E-state index contributed by atoms with van der Waals surface area (Å²) in [5.41, 5.74) is 10.7. The second-order valence-corrected chi connectivity index (χ2v) is 7.37. The van der Waals surface area contributed by atoms with Crippen LogP contribution in [0.3, 0.4) is 0 Å². The fourth-order valence-electron chi connectivity index (χ4n) is 4.22. The van der Waals surface area contributed by atoms with E-state index in [1.165, 1.54) is 0 Å². The van der Waals surface area contributed by atoms with Crippen molar-refractivity contribution in [1.29, 1.82) is 0 Å². The van der Waals surface area contributed by atoms with E-state index < -0.39 is 5.97 Å². The van der Waals surface area contributed by atoms with Crippen molar-refractivity contribution in [3.05, 3.63) is 39.8 Å². The minimum absolute atomic E-state index is 0.321. The topological polar surface area (TPSA) is 95.2 Å². The summed E-state index contributed by atoms with van der Waals surface area (Å²) in [4.78, 5) is 21.9. The third kappa shape index (κ3) is 2.39. The highest BCUT2D eigenvalue weighted by atomic mass is 35.5. The van der Waals surface area contributed by atoms with Gasteiger partial charge in [-0.3, -0.25) is 0 Å². The Balaban J connectivity index is 1.89. The van der Waals surface area contributed by atoms with Crippen LogP contribution in [0.15, 0.2) is 12.3 Å². The van der Waals surface area contributed by atoms with E-state index in [0.29, 0.717) is 23.7 Å². The normalized spacial score (nSPS) is 18.4. The quantitative estimate of drug-likeness (QED) is 0.725. The molecule has 0 aromatic carbocycles. The summed E-state index contributed by atoms with van der Waals surface area (Å²) in [6, 6.07) is 1.81. The zero-order valence-electron chi connectivity index (χ0n) is 14.1. The van der Waals surface area contributed by atoms with Crippen molar-refractivity contribution in [2.24, 2.45) is 5.73 Å². The number of halogens is 1. The Morgan fingerprint density at radius 3 is 2.88 bits per heavy atom. The van der Waals surface area contributed by atoms with Gasteiger partial charge >= 0.3 is 5.97 Å². The van der Waals surface area contributed by atoms with Crippen LogP contribution in [0.5, 0.6) is 0 Å². The van der Waals surface area contributed by atoms with Crippen LogP contribution in [0.4, 0.5) is 0 Å². The highest BCUT2D eigenvalue weighted by molar-refractivity contribution is 6.29. The molecule has 1 aliphatic heterocycles. The number of rotatable bonds is 4. The molecule has 1 saturated heterocycles. The molecular formula is C18H21ClN4O2. The summed E-state index contributed by atoms with van der Waals surface area (Å²) in [5.74, 6) is -0.890. The van der Waals surface area contributed by atoms with Gasteiger partial charge < -0.3 is 20.7 Å². The van der Waals surface area contributed by atoms with E-state index >= 15 is 0 Å². The number of nitrogens with two attached hydrogens (primary N) is 1. The number of hydrogen-bond acceptors (Lipinski definition) is 4. The van der Waals surface area contributed by atoms with Gasteiger partial charge in [0.15, 0.2) is 0 Å². The number of hydrogen-bond donors (Lipinski definition) is 3. The monoisotopic (exact) mass is 360 g/mol. The Hall–Kier alpha value is -1.89. The highest BCUT2D eigenvalue weighted by Gasteiger charge is 2.47. The summed E-state index contributed by atoms with van der Waals surface area (Å²) in [6.45, 7) is 5.03. The van der Waals surface area contributed by atoms with E-state index in [4.69, 9.17) is 17.3 Å². The van der Waals surface area contributed by atoms with Crippen molar-refractivity contribution >= 4 is 17.6 Å². The molecule has 2 aromatic rings. The zero-order chi connectivity index (χ0) is 17.8. The Morgan fingerprint density at radius 2 is 2.24 bits per heavy atom. The first kappa shape index (κ1) is 16.6. The van der Waals surface area contributed by atoms with E-state index in [1.54, 1.807) is 6.20 Å². The first-order valence-electron chi connectivity index (χ1n) is 8.55. The van der Waals surface area contributed by atoms with Gasteiger partial charge in [0.1, 0.15) is 5.15 Å². The molecule has 0 unspecified atom stereocenters. The molecule has 3 heterocycles. The van der Waals surface area contributed by atoms with Crippen LogP contribution in [0.2, 0.25) is 5.15 Å². The van der Waals surface area contributed by atoms with E-state index in [2.05, 4.69) is 21.8 Å². The number of nitrogens with zero attached hydrogens (tertiary/aromatic N) is 2. The number of carboxylic acid groups (broad SMARTS) is 1. The minimum Gasteiger partial charge on any atom is -0.478 e. The molecule has 0 saturated carbocycles. The number of pyridine rings is 1. The van der Waals surface area contributed by atoms with Gasteiger partial charge in [-0.15, -0.1) is 0 Å². The van der Waals surface area contributed by atoms with Crippen LogP contribution in [0.25, 0.3) is 11.3 Å². The van der Waals surface area contributed by atoms with Gasteiger partial charge in [-0.05, 0) is 36.6 Å². The van der Waals surface area contributed by atoms with Crippen LogP contribution >= 0.6 is 11.6 Å². The van der Waals surface area contributed by atoms with Crippen molar-refractivity contribution in [3.8, 4) is 11.3 Å². The minimum atomic E-state index is -0.890. The highest BCUT2D eigenvalue weighted by Crippen LogP contribution is 2.43. The molecule has 132 valence electrons. The van der Waals surface area contributed by atoms with Gasteiger partial charge in [0.2, 0.25) is 0 Å². The Kier molecular flexibility index (Phi) is 3.86. The number of aromatic nitrogens is 2. The van der Waals surface area contributed by atoms with Gasteiger partial charge in [0.25, 0.3) is 0 Å². The lowest BCUT2D eigenvalue weighted by molar-refractivity contribution is 0.0635. The number of aromatic carboxylic acids is 1. The van der Waals surface area contributed by atoms with Crippen LogP contribution in [-0.4, -0.2) is 52.1 Å². The molecule has 1 fully saturated rings. The van der Waals surface area contributed by atoms with Gasteiger partial charge in [0.05, 0.1) is 11.3 Å². The van der Waals surface area contributed by atoms with Crippen LogP contribution < -0.4 is 5.73 Å². The van der Waals surface area contributed by atoms with Gasteiger partial charge in [0, 0.05) is 42.5 Å². The second-order valence-electron chi connectivity index (χ2n) is 6.99. The predicted molar refractivity (Wildman–Crippen MR) is 96.2 cm³/mol. The molecule has 0 spiro atoms. The number of likely N-dealkylation sites (tertiary alicyclic amines) is 1. The smallest absolute Gasteiger partial charge is 0.337 e. The SMILES string of the molecule is CCN1CC(CN)(c2[nH]c3c(c2C(=O)O)CCc2cnc(Cl)cc2-3)C1. The Morgan fingerprint density at radius 1 is 1.48 bits per heavy atom. The molecule has 4 rings (SSSR count). The average Bonchev–Trinajstić information content (AvgIpc) is 2.95. The fourth-order valence-corrected chi connectivity index (χ4v) is 4.38. The number of carbonyl (C=O) groups is 1. The zero-order valence-corrected chi connectivity index (χ0v) is 14.9. The molecule has 0 radical (unpaired) electrons. The summed E-state index contributed by atoms with van der Waals surface area (Å²) in [6.07, 6.45) is 3.23. The van der Waals surface area contributed by atoms with Crippen molar-refractivity contribution in [2.75, 3.05) is 26.2 Å². The van der Waals surface area contributed by atoms with Crippen molar-refractivity contribution < 1.29 is 9.90 Å². The van der Waals surface area contributed by atoms with Gasteiger partial charge in [-0.2, -0.15) is 0 Å².